The average molecular weight is 295 g/mol. The van der Waals surface area contributed by atoms with Crippen LogP contribution in [-0.4, -0.2) is 29.8 Å². The van der Waals surface area contributed by atoms with Crippen molar-refractivity contribution < 1.29 is 9.21 Å². The molecule has 0 aliphatic heterocycles. The number of halogens is 2. The number of hydrogen-bond acceptors (Lipinski definition) is 2. The third-order valence-corrected chi connectivity index (χ3v) is 2.64. The predicted octanol–water partition coefficient (Wildman–Crippen LogP) is 3.13. The molecule has 0 spiro atoms. The highest BCUT2D eigenvalue weighted by Crippen LogP contribution is 2.15. The van der Waals surface area contributed by atoms with E-state index in [0.717, 1.165) is 6.42 Å². The third kappa shape index (κ3) is 3.87. The zero-order valence-corrected chi connectivity index (χ0v) is 11.0. The van der Waals surface area contributed by atoms with Crippen LogP contribution in [0.25, 0.3) is 0 Å². The number of alkyl halides is 1. The topological polar surface area (TPSA) is 33.5 Å². The minimum atomic E-state index is -0.127. The van der Waals surface area contributed by atoms with Crippen molar-refractivity contribution in [3.63, 3.8) is 0 Å². The van der Waals surface area contributed by atoms with Crippen molar-refractivity contribution in [1.82, 2.24) is 4.90 Å². The summed E-state index contributed by atoms with van der Waals surface area (Å²) in [6, 6.07) is 3.35. The minimum absolute atomic E-state index is 0.0728. The maximum Gasteiger partial charge on any atom is 0.289 e. The Hall–Kier alpha value is -0.480. The zero-order valence-electron chi connectivity index (χ0n) is 8.67. The third-order valence-electron chi connectivity index (χ3n) is 1.99. The van der Waals surface area contributed by atoms with Crippen LogP contribution in [0.2, 0.25) is 0 Å². The molecule has 1 amide bonds. The molecular weight excluding hydrogens is 281 g/mol. The molecule has 0 N–H and O–H groups in total. The average Bonchev–Trinajstić information content (AvgIpc) is 2.60. The van der Waals surface area contributed by atoms with E-state index >= 15 is 0 Å². The zero-order chi connectivity index (χ0) is 11.4. The smallest absolute Gasteiger partial charge is 0.289 e. The van der Waals surface area contributed by atoms with Crippen LogP contribution < -0.4 is 0 Å². The summed E-state index contributed by atoms with van der Waals surface area (Å²) in [5, 5.41) is 0.0728. The summed E-state index contributed by atoms with van der Waals surface area (Å²) in [5.41, 5.74) is 0. The van der Waals surface area contributed by atoms with Gasteiger partial charge in [0.1, 0.15) is 0 Å². The Kier molecular flexibility index (Phi) is 4.67. The first-order valence-corrected chi connectivity index (χ1v) is 5.88. The molecule has 0 saturated heterocycles. The van der Waals surface area contributed by atoms with Crippen molar-refractivity contribution in [2.45, 2.75) is 18.7 Å². The molecule has 0 fully saturated rings. The largest absolute Gasteiger partial charge is 0.444 e. The van der Waals surface area contributed by atoms with E-state index in [1.54, 1.807) is 24.1 Å². The summed E-state index contributed by atoms with van der Waals surface area (Å²) in [6.45, 7) is 2.53. The van der Waals surface area contributed by atoms with Crippen molar-refractivity contribution in [1.29, 1.82) is 0 Å². The van der Waals surface area contributed by atoms with Gasteiger partial charge in [0.25, 0.3) is 5.91 Å². The lowest BCUT2D eigenvalue weighted by Gasteiger charge is -2.16. The van der Waals surface area contributed by atoms with Crippen molar-refractivity contribution in [2.75, 3.05) is 13.6 Å². The van der Waals surface area contributed by atoms with Crippen LogP contribution in [0.3, 0.4) is 0 Å². The van der Waals surface area contributed by atoms with Crippen molar-refractivity contribution in [3.05, 3.63) is 22.6 Å². The molecule has 3 nitrogen and oxygen atoms in total. The molecule has 1 heterocycles. The Morgan fingerprint density at radius 2 is 2.33 bits per heavy atom. The van der Waals surface area contributed by atoms with Crippen LogP contribution in [-0.2, 0) is 0 Å². The van der Waals surface area contributed by atoms with Gasteiger partial charge in [-0.1, -0.05) is 0 Å². The Labute approximate surface area is 103 Å². The van der Waals surface area contributed by atoms with Gasteiger partial charge in [-0.2, -0.15) is 0 Å². The SMILES string of the molecule is CC(Cl)CCN(C)C(=O)c1ccc(Br)o1. The molecule has 0 aliphatic rings. The molecule has 1 unspecified atom stereocenters. The second-order valence-electron chi connectivity index (χ2n) is 3.40. The summed E-state index contributed by atoms with van der Waals surface area (Å²) in [7, 11) is 1.73. The van der Waals surface area contributed by atoms with Crippen LogP contribution in [0.15, 0.2) is 21.2 Å². The summed E-state index contributed by atoms with van der Waals surface area (Å²) < 4.78 is 5.73. The molecule has 84 valence electrons. The lowest BCUT2D eigenvalue weighted by Crippen LogP contribution is -2.28. The molecule has 1 rings (SSSR count). The summed E-state index contributed by atoms with van der Waals surface area (Å²) in [4.78, 5) is 13.3. The number of hydrogen-bond donors (Lipinski definition) is 0. The maximum atomic E-state index is 11.7. The van der Waals surface area contributed by atoms with E-state index in [9.17, 15) is 4.79 Å². The molecule has 0 radical (unpaired) electrons. The molecular formula is C10H13BrClNO2. The standard InChI is InChI=1S/C10H13BrClNO2/c1-7(12)5-6-13(2)10(14)8-3-4-9(11)15-8/h3-4,7H,5-6H2,1-2H3. The number of carbonyl (C=O) groups is 1. The Bertz CT molecular complexity index is 338. The first-order valence-electron chi connectivity index (χ1n) is 4.65. The molecule has 1 aromatic rings. The Morgan fingerprint density at radius 1 is 1.67 bits per heavy atom. The van der Waals surface area contributed by atoms with E-state index in [2.05, 4.69) is 15.9 Å². The van der Waals surface area contributed by atoms with E-state index in [1.807, 2.05) is 6.92 Å². The monoisotopic (exact) mass is 293 g/mol. The van der Waals surface area contributed by atoms with E-state index in [0.29, 0.717) is 17.0 Å². The van der Waals surface area contributed by atoms with Gasteiger partial charge in [-0.3, -0.25) is 4.79 Å². The fourth-order valence-electron chi connectivity index (χ4n) is 1.09. The van der Waals surface area contributed by atoms with Gasteiger partial charge in [-0.25, -0.2) is 0 Å². The molecule has 0 aliphatic carbocycles. The van der Waals surface area contributed by atoms with E-state index < -0.39 is 0 Å². The second-order valence-corrected chi connectivity index (χ2v) is 4.93. The molecule has 1 atom stereocenters. The van der Waals surface area contributed by atoms with Crippen molar-refractivity contribution in [3.8, 4) is 0 Å². The van der Waals surface area contributed by atoms with Gasteiger partial charge in [-0.15, -0.1) is 11.6 Å². The lowest BCUT2D eigenvalue weighted by molar-refractivity contribution is 0.0761. The van der Waals surface area contributed by atoms with Gasteiger partial charge >= 0.3 is 0 Å². The minimum Gasteiger partial charge on any atom is -0.444 e. The summed E-state index contributed by atoms with van der Waals surface area (Å²) in [5.74, 6) is 0.213. The molecule has 0 aromatic carbocycles. The van der Waals surface area contributed by atoms with Crippen LogP contribution in [0, 0.1) is 0 Å². The summed E-state index contributed by atoms with van der Waals surface area (Å²) in [6.07, 6.45) is 0.770. The van der Waals surface area contributed by atoms with Gasteiger partial charge in [-0.05, 0) is 41.4 Å². The van der Waals surface area contributed by atoms with E-state index in [4.69, 9.17) is 16.0 Å². The highest BCUT2D eigenvalue weighted by Gasteiger charge is 2.15. The molecule has 1 aromatic heterocycles. The molecule has 15 heavy (non-hydrogen) atoms. The van der Waals surface area contributed by atoms with Crippen LogP contribution in [0.5, 0.6) is 0 Å². The molecule has 0 bridgehead atoms. The van der Waals surface area contributed by atoms with E-state index in [-0.39, 0.29) is 11.3 Å². The lowest BCUT2D eigenvalue weighted by atomic mass is 10.3. The van der Waals surface area contributed by atoms with Gasteiger partial charge < -0.3 is 9.32 Å². The van der Waals surface area contributed by atoms with Crippen LogP contribution in [0.4, 0.5) is 0 Å². The van der Waals surface area contributed by atoms with Crippen LogP contribution >= 0.6 is 27.5 Å². The van der Waals surface area contributed by atoms with Gasteiger partial charge in [0.2, 0.25) is 0 Å². The van der Waals surface area contributed by atoms with Crippen LogP contribution in [0.1, 0.15) is 23.9 Å². The fourth-order valence-corrected chi connectivity index (χ4v) is 1.49. The first-order chi connectivity index (χ1) is 7.00. The molecule has 5 heteroatoms. The fraction of sp³-hybridized carbons (Fsp3) is 0.500. The number of amides is 1. The maximum absolute atomic E-state index is 11.7. The predicted molar refractivity (Wildman–Crippen MR) is 63.3 cm³/mol. The quantitative estimate of drug-likeness (QED) is 0.799. The number of nitrogens with zero attached hydrogens (tertiary/aromatic N) is 1. The molecule has 0 saturated carbocycles. The van der Waals surface area contributed by atoms with E-state index in [1.165, 1.54) is 0 Å². The highest BCUT2D eigenvalue weighted by atomic mass is 79.9. The first kappa shape index (κ1) is 12.6. The number of furan rings is 1. The summed E-state index contributed by atoms with van der Waals surface area (Å²) >= 11 is 8.96. The second kappa shape index (κ2) is 5.56. The number of carbonyl (C=O) groups excluding carboxylic acids is 1. The van der Waals surface area contributed by atoms with Gasteiger partial charge in [0.05, 0.1) is 0 Å². The van der Waals surface area contributed by atoms with Gasteiger partial charge in [0.15, 0.2) is 10.4 Å². The van der Waals surface area contributed by atoms with Crippen molar-refractivity contribution in [2.24, 2.45) is 0 Å². The Morgan fingerprint density at radius 3 is 2.80 bits per heavy atom. The number of rotatable bonds is 4. The highest BCUT2D eigenvalue weighted by molar-refractivity contribution is 9.10. The van der Waals surface area contributed by atoms with Crippen molar-refractivity contribution >= 4 is 33.4 Å². The van der Waals surface area contributed by atoms with Gasteiger partial charge in [0, 0.05) is 19.0 Å². The normalized spacial score (nSPS) is 12.5. The Balaban J connectivity index is 2.53.